The van der Waals surface area contributed by atoms with Gasteiger partial charge in [-0.1, -0.05) is 29.8 Å². The minimum Gasteiger partial charge on any atom is -0.491 e. The van der Waals surface area contributed by atoms with Crippen LogP contribution in [-0.4, -0.2) is 11.2 Å². The smallest absolute Gasteiger partial charge is 0.422 e. The third-order valence-electron chi connectivity index (χ3n) is 4.03. The van der Waals surface area contributed by atoms with E-state index in [-0.39, 0.29) is 0 Å². The van der Waals surface area contributed by atoms with Gasteiger partial charge in [-0.05, 0) is 44.0 Å². The fourth-order valence-corrected chi connectivity index (χ4v) is 2.81. The highest BCUT2D eigenvalue weighted by atomic mass is 16.5. The maximum absolute atomic E-state index is 12.1. The van der Waals surface area contributed by atoms with E-state index in [1.807, 2.05) is 45.0 Å². The van der Waals surface area contributed by atoms with E-state index in [2.05, 4.69) is 0 Å². The van der Waals surface area contributed by atoms with Crippen molar-refractivity contribution in [3.8, 4) is 5.75 Å². The second kappa shape index (κ2) is 6.35. The first-order chi connectivity index (χ1) is 11.5. The highest BCUT2D eigenvalue weighted by Gasteiger charge is 2.10. The maximum atomic E-state index is 12.1. The van der Waals surface area contributed by atoms with Crippen LogP contribution in [0.1, 0.15) is 16.7 Å². The summed E-state index contributed by atoms with van der Waals surface area (Å²) in [6.45, 7) is 6.46. The summed E-state index contributed by atoms with van der Waals surface area (Å²) in [5.41, 5.74) is 2.98. The van der Waals surface area contributed by atoms with Crippen LogP contribution < -0.4 is 16.1 Å². The molecule has 0 amide bonds. The number of benzene rings is 2. The van der Waals surface area contributed by atoms with Crippen LogP contribution in [-0.2, 0) is 6.54 Å². The van der Waals surface area contributed by atoms with Gasteiger partial charge in [-0.3, -0.25) is 4.57 Å². The first-order valence-corrected chi connectivity index (χ1v) is 7.80. The van der Waals surface area contributed by atoms with Gasteiger partial charge >= 0.3 is 11.4 Å². The van der Waals surface area contributed by atoms with Gasteiger partial charge in [0.15, 0.2) is 0 Å². The van der Waals surface area contributed by atoms with Gasteiger partial charge in [-0.15, -0.1) is 0 Å². The number of aromatic nitrogens is 1. The lowest BCUT2D eigenvalue weighted by molar-refractivity contribution is 0.284. The predicted molar refractivity (Wildman–Crippen MR) is 92.9 cm³/mol. The molecular weight excluding hydrogens is 306 g/mol. The topological polar surface area (TPSA) is 61.4 Å². The summed E-state index contributed by atoms with van der Waals surface area (Å²) in [5, 5.41) is 0.404. The molecule has 0 aliphatic carbocycles. The quantitative estimate of drug-likeness (QED) is 0.740. The molecule has 124 valence electrons. The standard InChI is InChI=1S/C19H19NO4/c1-12-7-8-16-15(11-12)18(21)24-19(22)20(16)9-10-23-17-13(2)5-4-6-14(17)3/h4-8,11H,9-10H2,1-3H3. The Hall–Kier alpha value is -2.82. The van der Waals surface area contributed by atoms with Gasteiger partial charge in [0.05, 0.1) is 17.4 Å². The number of aryl methyl sites for hydroxylation is 3. The molecule has 0 spiro atoms. The van der Waals surface area contributed by atoms with E-state index in [0.29, 0.717) is 24.1 Å². The van der Waals surface area contributed by atoms with E-state index in [1.165, 1.54) is 4.57 Å². The van der Waals surface area contributed by atoms with Crippen LogP contribution in [0.15, 0.2) is 50.4 Å². The Morgan fingerprint density at radius 3 is 2.46 bits per heavy atom. The number of rotatable bonds is 4. The Morgan fingerprint density at radius 2 is 1.75 bits per heavy atom. The van der Waals surface area contributed by atoms with E-state index in [1.54, 1.807) is 12.1 Å². The lowest BCUT2D eigenvalue weighted by Gasteiger charge is -2.13. The molecule has 0 aliphatic rings. The summed E-state index contributed by atoms with van der Waals surface area (Å²) >= 11 is 0. The summed E-state index contributed by atoms with van der Waals surface area (Å²) in [5.74, 6) is 0.157. The lowest BCUT2D eigenvalue weighted by Crippen LogP contribution is -2.27. The van der Waals surface area contributed by atoms with E-state index in [4.69, 9.17) is 9.15 Å². The zero-order valence-electron chi connectivity index (χ0n) is 14.0. The van der Waals surface area contributed by atoms with Crippen LogP contribution in [0.4, 0.5) is 0 Å². The largest absolute Gasteiger partial charge is 0.491 e. The zero-order chi connectivity index (χ0) is 17.3. The Morgan fingerprint density at radius 1 is 1.04 bits per heavy atom. The molecule has 3 aromatic rings. The number of nitrogens with zero attached hydrogens (tertiary/aromatic N) is 1. The number of para-hydroxylation sites is 1. The average molecular weight is 325 g/mol. The van der Waals surface area contributed by atoms with Crippen LogP contribution in [0, 0.1) is 20.8 Å². The van der Waals surface area contributed by atoms with Crippen molar-refractivity contribution >= 4 is 10.9 Å². The average Bonchev–Trinajstić information content (AvgIpc) is 2.53. The highest BCUT2D eigenvalue weighted by molar-refractivity contribution is 5.78. The van der Waals surface area contributed by atoms with Gasteiger partial charge in [0.1, 0.15) is 12.4 Å². The van der Waals surface area contributed by atoms with Crippen molar-refractivity contribution in [3.05, 3.63) is 74.1 Å². The van der Waals surface area contributed by atoms with Crippen molar-refractivity contribution < 1.29 is 9.15 Å². The fourth-order valence-electron chi connectivity index (χ4n) is 2.81. The summed E-state index contributed by atoms with van der Waals surface area (Å²) in [6.07, 6.45) is 0. The van der Waals surface area contributed by atoms with Crippen molar-refractivity contribution in [2.24, 2.45) is 0 Å². The Balaban J connectivity index is 1.91. The Kier molecular flexibility index (Phi) is 4.25. The molecule has 0 bridgehead atoms. The Labute approximate surface area is 139 Å². The first kappa shape index (κ1) is 16.1. The van der Waals surface area contributed by atoms with E-state index in [0.717, 1.165) is 22.4 Å². The molecule has 5 heteroatoms. The fraction of sp³-hybridized carbons (Fsp3) is 0.263. The van der Waals surface area contributed by atoms with Gasteiger partial charge in [0.25, 0.3) is 0 Å². The molecule has 0 saturated heterocycles. The molecule has 24 heavy (non-hydrogen) atoms. The molecule has 0 saturated carbocycles. The summed E-state index contributed by atoms with van der Waals surface area (Å²) in [6, 6.07) is 11.3. The molecule has 0 aliphatic heterocycles. The van der Waals surface area contributed by atoms with Gasteiger partial charge < -0.3 is 9.15 Å². The third-order valence-corrected chi connectivity index (χ3v) is 4.03. The van der Waals surface area contributed by atoms with Crippen molar-refractivity contribution in [1.82, 2.24) is 4.57 Å². The van der Waals surface area contributed by atoms with Crippen LogP contribution in [0.2, 0.25) is 0 Å². The number of hydrogen-bond acceptors (Lipinski definition) is 4. The molecule has 0 fully saturated rings. The molecule has 0 radical (unpaired) electrons. The van der Waals surface area contributed by atoms with Crippen LogP contribution in [0.3, 0.4) is 0 Å². The van der Waals surface area contributed by atoms with E-state index < -0.39 is 11.4 Å². The first-order valence-electron chi connectivity index (χ1n) is 7.80. The zero-order valence-corrected chi connectivity index (χ0v) is 14.0. The number of fused-ring (bicyclic) bond motifs is 1. The van der Waals surface area contributed by atoms with Gasteiger partial charge in [-0.2, -0.15) is 0 Å². The molecular formula is C19H19NO4. The SMILES string of the molecule is Cc1ccc2c(c1)c(=O)oc(=O)n2CCOc1c(C)cccc1C. The van der Waals surface area contributed by atoms with Crippen molar-refractivity contribution in [3.63, 3.8) is 0 Å². The lowest BCUT2D eigenvalue weighted by atomic mass is 10.1. The second-order valence-corrected chi connectivity index (χ2v) is 5.90. The van der Waals surface area contributed by atoms with Crippen molar-refractivity contribution in [2.45, 2.75) is 27.3 Å². The minimum absolute atomic E-state index is 0.302. The molecule has 3 rings (SSSR count). The summed E-state index contributed by atoms with van der Waals surface area (Å²) in [4.78, 5) is 23.9. The molecule has 5 nitrogen and oxygen atoms in total. The monoisotopic (exact) mass is 325 g/mol. The predicted octanol–water partition coefficient (Wildman–Crippen LogP) is 2.96. The molecule has 1 heterocycles. The van der Waals surface area contributed by atoms with Crippen molar-refractivity contribution in [2.75, 3.05) is 6.61 Å². The number of ether oxygens (including phenoxy) is 1. The van der Waals surface area contributed by atoms with Crippen LogP contribution >= 0.6 is 0 Å². The summed E-state index contributed by atoms with van der Waals surface area (Å²) < 4.78 is 12.1. The molecule has 0 atom stereocenters. The molecule has 0 N–H and O–H groups in total. The summed E-state index contributed by atoms with van der Waals surface area (Å²) in [7, 11) is 0. The van der Waals surface area contributed by atoms with E-state index in [9.17, 15) is 9.59 Å². The van der Waals surface area contributed by atoms with Crippen LogP contribution in [0.5, 0.6) is 5.75 Å². The minimum atomic E-state index is -0.665. The Bertz CT molecular complexity index is 994. The van der Waals surface area contributed by atoms with Gasteiger partial charge in [-0.25, -0.2) is 9.59 Å². The van der Waals surface area contributed by atoms with Crippen LogP contribution in [0.25, 0.3) is 10.9 Å². The maximum Gasteiger partial charge on any atom is 0.422 e. The molecule has 1 aromatic heterocycles. The second-order valence-electron chi connectivity index (χ2n) is 5.90. The molecule has 0 unspecified atom stereocenters. The third kappa shape index (κ3) is 2.97. The highest BCUT2D eigenvalue weighted by Crippen LogP contribution is 2.22. The normalized spacial score (nSPS) is 11.0. The van der Waals surface area contributed by atoms with Crippen molar-refractivity contribution in [1.29, 1.82) is 0 Å². The van der Waals surface area contributed by atoms with Gasteiger partial charge in [0.2, 0.25) is 0 Å². The van der Waals surface area contributed by atoms with E-state index >= 15 is 0 Å². The van der Waals surface area contributed by atoms with Gasteiger partial charge in [0, 0.05) is 0 Å². The number of hydrogen-bond donors (Lipinski definition) is 0. The molecule has 2 aromatic carbocycles.